The van der Waals surface area contributed by atoms with Gasteiger partial charge < -0.3 is 15.5 Å². The molecule has 0 bridgehead atoms. The number of rotatable bonds is 5. The lowest BCUT2D eigenvalue weighted by Gasteiger charge is -2.17. The first kappa shape index (κ1) is 17.0. The highest BCUT2D eigenvalue weighted by Gasteiger charge is 2.13. The number of aryl methyl sites for hydroxylation is 1. The van der Waals surface area contributed by atoms with Crippen molar-refractivity contribution in [3.63, 3.8) is 0 Å². The van der Waals surface area contributed by atoms with E-state index in [4.69, 9.17) is 0 Å². The highest BCUT2D eigenvalue weighted by atomic mass is 16.2. The molecule has 5 heteroatoms. The molecule has 1 fully saturated rings. The maximum atomic E-state index is 12.0. The second-order valence-electron chi connectivity index (χ2n) is 6.38. The zero-order valence-electron chi connectivity index (χ0n) is 14.4. The molecular weight excluding hydrogens is 314 g/mol. The molecule has 25 heavy (non-hydrogen) atoms. The van der Waals surface area contributed by atoms with Crippen LogP contribution in [0, 0.1) is 6.92 Å². The number of carbonyl (C=O) groups excluding carboxylic acids is 2. The highest BCUT2D eigenvalue weighted by Crippen LogP contribution is 2.22. The molecule has 3 rings (SSSR count). The molecule has 0 spiro atoms. The first-order valence-corrected chi connectivity index (χ1v) is 8.61. The standard InChI is InChI=1S/C20H23N3O2/c1-15-5-4-6-17(13-15)22-20(25)14-19(24)21-16-7-9-18(10-8-16)23-11-2-3-12-23/h4-10,13H,2-3,11-12,14H2,1H3,(H,21,24)(H,22,25). The quantitative estimate of drug-likeness (QED) is 0.820. The molecule has 2 aromatic carbocycles. The smallest absolute Gasteiger partial charge is 0.233 e. The van der Waals surface area contributed by atoms with E-state index in [9.17, 15) is 9.59 Å². The van der Waals surface area contributed by atoms with E-state index < -0.39 is 0 Å². The molecule has 0 radical (unpaired) electrons. The zero-order chi connectivity index (χ0) is 17.6. The molecule has 130 valence electrons. The van der Waals surface area contributed by atoms with Gasteiger partial charge in [0.05, 0.1) is 0 Å². The highest BCUT2D eigenvalue weighted by molar-refractivity contribution is 6.08. The van der Waals surface area contributed by atoms with Crippen molar-refractivity contribution in [1.82, 2.24) is 0 Å². The third-order valence-corrected chi connectivity index (χ3v) is 4.25. The summed E-state index contributed by atoms with van der Waals surface area (Å²) in [5, 5.41) is 5.51. The van der Waals surface area contributed by atoms with Gasteiger partial charge in [-0.1, -0.05) is 12.1 Å². The lowest BCUT2D eigenvalue weighted by molar-refractivity contribution is -0.123. The Bertz CT molecular complexity index is 750. The first-order chi connectivity index (χ1) is 12.1. The van der Waals surface area contributed by atoms with E-state index in [1.807, 2.05) is 49.4 Å². The summed E-state index contributed by atoms with van der Waals surface area (Å²) in [6, 6.07) is 15.3. The van der Waals surface area contributed by atoms with Gasteiger partial charge in [-0.2, -0.15) is 0 Å². The number of hydrogen-bond donors (Lipinski definition) is 2. The lowest BCUT2D eigenvalue weighted by atomic mass is 10.2. The lowest BCUT2D eigenvalue weighted by Crippen LogP contribution is -2.21. The summed E-state index contributed by atoms with van der Waals surface area (Å²) < 4.78 is 0. The summed E-state index contributed by atoms with van der Waals surface area (Å²) in [5.74, 6) is -0.643. The summed E-state index contributed by atoms with van der Waals surface area (Å²) in [5.41, 5.74) is 3.64. The predicted octanol–water partition coefficient (Wildman–Crippen LogP) is 3.56. The molecule has 0 aromatic heterocycles. The number of nitrogens with zero attached hydrogens (tertiary/aromatic N) is 1. The van der Waals surface area contributed by atoms with E-state index in [0.29, 0.717) is 11.4 Å². The first-order valence-electron chi connectivity index (χ1n) is 8.61. The predicted molar refractivity (Wildman–Crippen MR) is 101 cm³/mol. The monoisotopic (exact) mass is 337 g/mol. The fourth-order valence-corrected chi connectivity index (χ4v) is 3.01. The van der Waals surface area contributed by atoms with Crippen molar-refractivity contribution in [2.24, 2.45) is 0 Å². The molecule has 0 saturated carbocycles. The third kappa shape index (κ3) is 4.83. The Kier molecular flexibility index (Phi) is 5.33. The SMILES string of the molecule is Cc1cccc(NC(=O)CC(=O)Nc2ccc(N3CCCC3)cc2)c1. The van der Waals surface area contributed by atoms with E-state index in [1.54, 1.807) is 6.07 Å². The van der Waals surface area contributed by atoms with E-state index in [-0.39, 0.29) is 18.2 Å². The van der Waals surface area contributed by atoms with Crippen LogP contribution in [0.25, 0.3) is 0 Å². The second-order valence-corrected chi connectivity index (χ2v) is 6.38. The Balaban J connectivity index is 1.50. The number of amides is 2. The summed E-state index contributed by atoms with van der Waals surface area (Å²) >= 11 is 0. The number of carbonyl (C=O) groups is 2. The van der Waals surface area contributed by atoms with Gasteiger partial charge in [-0.3, -0.25) is 9.59 Å². The molecule has 0 aliphatic carbocycles. The minimum Gasteiger partial charge on any atom is -0.372 e. The van der Waals surface area contributed by atoms with Crippen LogP contribution in [-0.2, 0) is 9.59 Å². The zero-order valence-corrected chi connectivity index (χ0v) is 14.4. The third-order valence-electron chi connectivity index (χ3n) is 4.25. The van der Waals surface area contributed by atoms with Crippen LogP contribution in [0.3, 0.4) is 0 Å². The Morgan fingerprint density at radius 1 is 0.920 bits per heavy atom. The van der Waals surface area contributed by atoms with Gasteiger partial charge in [-0.05, 0) is 61.7 Å². The Hall–Kier alpha value is -2.82. The summed E-state index contributed by atoms with van der Waals surface area (Å²) in [4.78, 5) is 26.3. The maximum Gasteiger partial charge on any atom is 0.233 e. The molecule has 1 aliphatic heterocycles. The van der Waals surface area contributed by atoms with Crippen molar-refractivity contribution in [1.29, 1.82) is 0 Å². The van der Waals surface area contributed by atoms with Crippen LogP contribution in [0.1, 0.15) is 24.8 Å². The molecule has 1 heterocycles. The summed E-state index contributed by atoms with van der Waals surface area (Å²) in [6.07, 6.45) is 2.25. The topological polar surface area (TPSA) is 61.4 Å². The Morgan fingerprint density at radius 3 is 2.20 bits per heavy atom. The Morgan fingerprint density at radius 2 is 1.56 bits per heavy atom. The van der Waals surface area contributed by atoms with Gasteiger partial charge in [0.1, 0.15) is 6.42 Å². The fourth-order valence-electron chi connectivity index (χ4n) is 3.01. The van der Waals surface area contributed by atoms with Crippen LogP contribution in [0.4, 0.5) is 17.1 Å². The van der Waals surface area contributed by atoms with Crippen molar-refractivity contribution in [3.05, 3.63) is 54.1 Å². The van der Waals surface area contributed by atoms with Crippen molar-refractivity contribution >= 4 is 28.9 Å². The maximum absolute atomic E-state index is 12.0. The number of anilines is 3. The van der Waals surface area contributed by atoms with E-state index in [2.05, 4.69) is 15.5 Å². The molecule has 2 N–H and O–H groups in total. The van der Waals surface area contributed by atoms with Crippen LogP contribution in [0.15, 0.2) is 48.5 Å². The van der Waals surface area contributed by atoms with Crippen molar-refractivity contribution < 1.29 is 9.59 Å². The minimum absolute atomic E-state index is 0.207. The molecular formula is C20H23N3O2. The van der Waals surface area contributed by atoms with Crippen LogP contribution in [0.2, 0.25) is 0 Å². The van der Waals surface area contributed by atoms with Gasteiger partial charge in [0, 0.05) is 30.2 Å². The van der Waals surface area contributed by atoms with Gasteiger partial charge in [-0.25, -0.2) is 0 Å². The van der Waals surface area contributed by atoms with Gasteiger partial charge >= 0.3 is 0 Å². The summed E-state index contributed by atoms with van der Waals surface area (Å²) in [6.45, 7) is 4.13. The van der Waals surface area contributed by atoms with Crippen molar-refractivity contribution in [2.75, 3.05) is 28.6 Å². The largest absolute Gasteiger partial charge is 0.372 e. The fraction of sp³-hybridized carbons (Fsp3) is 0.300. The Labute approximate surface area is 148 Å². The normalized spacial score (nSPS) is 13.6. The molecule has 2 amide bonds. The van der Waals surface area contributed by atoms with Crippen LogP contribution >= 0.6 is 0 Å². The molecule has 5 nitrogen and oxygen atoms in total. The van der Waals surface area contributed by atoms with Crippen molar-refractivity contribution in [2.45, 2.75) is 26.2 Å². The number of nitrogens with one attached hydrogen (secondary N) is 2. The molecule has 2 aromatic rings. The van der Waals surface area contributed by atoms with Crippen LogP contribution in [-0.4, -0.2) is 24.9 Å². The van der Waals surface area contributed by atoms with E-state index >= 15 is 0 Å². The number of benzene rings is 2. The average Bonchev–Trinajstić information content (AvgIpc) is 3.09. The van der Waals surface area contributed by atoms with Crippen molar-refractivity contribution in [3.8, 4) is 0 Å². The van der Waals surface area contributed by atoms with Crippen LogP contribution in [0.5, 0.6) is 0 Å². The van der Waals surface area contributed by atoms with Crippen LogP contribution < -0.4 is 15.5 Å². The number of hydrogen-bond acceptors (Lipinski definition) is 3. The molecule has 1 aliphatic rings. The van der Waals surface area contributed by atoms with Gasteiger partial charge in [0.15, 0.2) is 0 Å². The second kappa shape index (κ2) is 7.83. The molecule has 0 unspecified atom stereocenters. The van der Waals surface area contributed by atoms with Gasteiger partial charge in [0.2, 0.25) is 11.8 Å². The molecule has 1 saturated heterocycles. The van der Waals surface area contributed by atoms with Gasteiger partial charge in [0.25, 0.3) is 0 Å². The summed E-state index contributed by atoms with van der Waals surface area (Å²) in [7, 11) is 0. The van der Waals surface area contributed by atoms with E-state index in [1.165, 1.54) is 18.5 Å². The van der Waals surface area contributed by atoms with E-state index in [0.717, 1.165) is 18.7 Å². The molecule has 0 atom stereocenters. The average molecular weight is 337 g/mol. The van der Waals surface area contributed by atoms with Gasteiger partial charge in [-0.15, -0.1) is 0 Å². The minimum atomic E-state index is -0.322.